The minimum Gasteiger partial charge on any atom is -0.497 e. The molecular formula is C15H19NO3S. The molecule has 108 valence electrons. The first-order chi connectivity index (χ1) is 9.51. The van der Waals surface area contributed by atoms with Crippen LogP contribution in [0.4, 0.5) is 0 Å². The van der Waals surface area contributed by atoms with Gasteiger partial charge in [-0.1, -0.05) is 0 Å². The molecule has 0 saturated heterocycles. The predicted octanol–water partition coefficient (Wildman–Crippen LogP) is 3.40. The summed E-state index contributed by atoms with van der Waals surface area (Å²) in [5.74, 6) is 1.33. The van der Waals surface area contributed by atoms with Crippen LogP contribution in [0.3, 0.4) is 0 Å². The molecule has 1 aromatic heterocycles. The number of ether oxygens (including phenoxy) is 2. The fraction of sp³-hybridized carbons (Fsp3) is 0.400. The molecule has 0 spiro atoms. The molecule has 0 fully saturated rings. The van der Waals surface area contributed by atoms with E-state index in [1.807, 2.05) is 26.0 Å². The standard InChI is InChI=1S/C15H19NO3S/c1-9-11(3)20-15(16-9)8-19-14-7-12(18-4)5-6-13(14)10(2)17/h5-7,10,17H,8H2,1-4H3/t10-/m0/s1. The molecule has 2 rings (SSSR count). The van der Waals surface area contributed by atoms with Crippen molar-refractivity contribution in [2.75, 3.05) is 7.11 Å². The maximum atomic E-state index is 9.78. The average Bonchev–Trinajstić information content (AvgIpc) is 2.75. The molecule has 0 unspecified atom stereocenters. The van der Waals surface area contributed by atoms with Crippen molar-refractivity contribution < 1.29 is 14.6 Å². The number of benzene rings is 1. The van der Waals surface area contributed by atoms with Crippen LogP contribution in [0.25, 0.3) is 0 Å². The number of rotatable bonds is 5. The summed E-state index contributed by atoms with van der Waals surface area (Å²) in [7, 11) is 1.61. The molecule has 0 aliphatic heterocycles. The molecule has 5 heteroatoms. The van der Waals surface area contributed by atoms with Crippen LogP contribution in [0.5, 0.6) is 11.5 Å². The van der Waals surface area contributed by atoms with Gasteiger partial charge in [0.2, 0.25) is 0 Å². The minimum absolute atomic E-state index is 0.395. The second kappa shape index (κ2) is 6.24. The van der Waals surface area contributed by atoms with Gasteiger partial charge in [0.1, 0.15) is 23.1 Å². The van der Waals surface area contributed by atoms with Gasteiger partial charge in [-0.15, -0.1) is 11.3 Å². The Morgan fingerprint density at radius 1 is 1.35 bits per heavy atom. The zero-order valence-electron chi connectivity index (χ0n) is 12.1. The third kappa shape index (κ3) is 3.29. The van der Waals surface area contributed by atoms with Gasteiger partial charge in [0.05, 0.1) is 18.9 Å². The summed E-state index contributed by atoms with van der Waals surface area (Å²) >= 11 is 1.63. The largest absolute Gasteiger partial charge is 0.497 e. The summed E-state index contributed by atoms with van der Waals surface area (Å²) in [6.45, 7) is 6.14. The number of thiazole rings is 1. The van der Waals surface area contributed by atoms with E-state index in [9.17, 15) is 5.11 Å². The lowest BCUT2D eigenvalue weighted by Gasteiger charge is -2.14. The van der Waals surface area contributed by atoms with Crippen molar-refractivity contribution in [3.63, 3.8) is 0 Å². The molecule has 2 aromatic rings. The van der Waals surface area contributed by atoms with E-state index >= 15 is 0 Å². The Balaban J connectivity index is 2.18. The molecule has 1 N–H and O–H groups in total. The van der Waals surface area contributed by atoms with Crippen molar-refractivity contribution in [2.45, 2.75) is 33.5 Å². The van der Waals surface area contributed by atoms with Crippen molar-refractivity contribution >= 4 is 11.3 Å². The van der Waals surface area contributed by atoms with Gasteiger partial charge in [0, 0.05) is 16.5 Å². The zero-order chi connectivity index (χ0) is 14.7. The smallest absolute Gasteiger partial charge is 0.140 e. The van der Waals surface area contributed by atoms with Gasteiger partial charge in [-0.05, 0) is 32.9 Å². The van der Waals surface area contributed by atoms with Gasteiger partial charge in [0.15, 0.2) is 0 Å². The fourth-order valence-corrected chi connectivity index (χ4v) is 2.70. The highest BCUT2D eigenvalue weighted by molar-refractivity contribution is 7.11. The number of aromatic nitrogens is 1. The lowest BCUT2D eigenvalue weighted by Crippen LogP contribution is -2.01. The summed E-state index contributed by atoms with van der Waals surface area (Å²) < 4.78 is 11.0. The summed E-state index contributed by atoms with van der Waals surface area (Å²) in [6.07, 6.45) is -0.587. The Hall–Kier alpha value is -1.59. The van der Waals surface area contributed by atoms with Crippen molar-refractivity contribution in [1.29, 1.82) is 0 Å². The third-order valence-corrected chi connectivity index (χ3v) is 4.14. The summed E-state index contributed by atoms with van der Waals surface area (Å²) in [5.41, 5.74) is 1.78. The summed E-state index contributed by atoms with van der Waals surface area (Å²) in [6, 6.07) is 5.42. The van der Waals surface area contributed by atoms with Crippen LogP contribution in [0.1, 0.15) is 34.2 Å². The van der Waals surface area contributed by atoms with Gasteiger partial charge in [-0.25, -0.2) is 4.98 Å². The molecular weight excluding hydrogens is 274 g/mol. The Morgan fingerprint density at radius 2 is 2.10 bits per heavy atom. The molecule has 0 aliphatic rings. The van der Waals surface area contributed by atoms with Crippen molar-refractivity contribution in [3.05, 3.63) is 39.3 Å². The van der Waals surface area contributed by atoms with Crippen LogP contribution in [0.15, 0.2) is 18.2 Å². The molecule has 1 heterocycles. The zero-order valence-corrected chi connectivity index (χ0v) is 13.0. The maximum absolute atomic E-state index is 9.78. The van der Waals surface area contributed by atoms with Crippen molar-refractivity contribution in [3.8, 4) is 11.5 Å². The summed E-state index contributed by atoms with van der Waals surface area (Å²) in [5, 5.41) is 10.7. The first-order valence-corrected chi connectivity index (χ1v) is 7.24. The van der Waals surface area contributed by atoms with Crippen LogP contribution >= 0.6 is 11.3 Å². The maximum Gasteiger partial charge on any atom is 0.140 e. The average molecular weight is 293 g/mol. The molecule has 0 radical (unpaired) electrons. The quantitative estimate of drug-likeness (QED) is 0.918. The monoisotopic (exact) mass is 293 g/mol. The van der Waals surface area contributed by atoms with Crippen LogP contribution in [0.2, 0.25) is 0 Å². The molecule has 0 bridgehead atoms. The van der Waals surface area contributed by atoms with Gasteiger partial charge in [0.25, 0.3) is 0 Å². The minimum atomic E-state index is -0.587. The number of hydrogen-bond acceptors (Lipinski definition) is 5. The van der Waals surface area contributed by atoms with Crippen LogP contribution in [-0.4, -0.2) is 17.2 Å². The van der Waals surface area contributed by atoms with Crippen molar-refractivity contribution in [2.24, 2.45) is 0 Å². The third-order valence-electron chi connectivity index (χ3n) is 3.09. The predicted molar refractivity (Wildman–Crippen MR) is 79.5 cm³/mol. The van der Waals surface area contributed by atoms with E-state index in [-0.39, 0.29) is 0 Å². The summed E-state index contributed by atoms with van der Waals surface area (Å²) in [4.78, 5) is 5.64. The highest BCUT2D eigenvalue weighted by Crippen LogP contribution is 2.30. The number of aliphatic hydroxyl groups excluding tert-OH is 1. The van der Waals surface area contributed by atoms with Crippen LogP contribution < -0.4 is 9.47 Å². The van der Waals surface area contributed by atoms with E-state index in [2.05, 4.69) is 4.98 Å². The highest BCUT2D eigenvalue weighted by atomic mass is 32.1. The molecule has 1 atom stereocenters. The first-order valence-electron chi connectivity index (χ1n) is 6.43. The van der Waals surface area contributed by atoms with E-state index in [1.54, 1.807) is 31.4 Å². The van der Waals surface area contributed by atoms with Crippen LogP contribution in [-0.2, 0) is 6.61 Å². The Labute approximate surface area is 123 Å². The topological polar surface area (TPSA) is 51.6 Å². The van der Waals surface area contributed by atoms with Gasteiger partial charge in [-0.3, -0.25) is 0 Å². The van der Waals surface area contributed by atoms with E-state index in [0.717, 1.165) is 16.3 Å². The molecule has 4 nitrogen and oxygen atoms in total. The van der Waals surface area contributed by atoms with E-state index < -0.39 is 6.10 Å². The molecule has 1 aromatic carbocycles. The van der Waals surface area contributed by atoms with Gasteiger partial charge >= 0.3 is 0 Å². The molecule has 0 aliphatic carbocycles. The SMILES string of the molecule is COc1ccc([C@H](C)O)c(OCc2nc(C)c(C)s2)c1. The molecule has 20 heavy (non-hydrogen) atoms. The van der Waals surface area contributed by atoms with E-state index in [0.29, 0.717) is 18.1 Å². The Bertz CT molecular complexity index is 573. The fourth-order valence-electron chi connectivity index (χ4n) is 1.85. The lowest BCUT2D eigenvalue weighted by atomic mass is 10.1. The number of nitrogens with zero attached hydrogens (tertiary/aromatic N) is 1. The lowest BCUT2D eigenvalue weighted by molar-refractivity contribution is 0.190. The van der Waals surface area contributed by atoms with E-state index in [1.165, 1.54) is 4.88 Å². The molecule has 0 saturated carbocycles. The number of hydrogen-bond donors (Lipinski definition) is 1. The van der Waals surface area contributed by atoms with Gasteiger partial charge < -0.3 is 14.6 Å². The highest BCUT2D eigenvalue weighted by Gasteiger charge is 2.12. The second-order valence-corrected chi connectivity index (χ2v) is 5.91. The number of methoxy groups -OCH3 is 1. The van der Waals surface area contributed by atoms with Crippen LogP contribution in [0, 0.1) is 13.8 Å². The second-order valence-electron chi connectivity index (χ2n) is 4.62. The Morgan fingerprint density at radius 3 is 2.65 bits per heavy atom. The normalized spacial score (nSPS) is 12.2. The van der Waals surface area contributed by atoms with E-state index in [4.69, 9.17) is 9.47 Å². The number of aliphatic hydroxyl groups is 1. The first kappa shape index (κ1) is 14.8. The number of aryl methyl sites for hydroxylation is 2. The van der Waals surface area contributed by atoms with Gasteiger partial charge in [-0.2, -0.15) is 0 Å². The Kier molecular flexibility index (Phi) is 4.62. The molecule has 0 amide bonds. The van der Waals surface area contributed by atoms with Crippen molar-refractivity contribution in [1.82, 2.24) is 4.98 Å².